The molecule has 0 spiro atoms. The van der Waals surface area contributed by atoms with Gasteiger partial charge in [-0.2, -0.15) is 13.2 Å². The van der Waals surface area contributed by atoms with E-state index >= 15 is 0 Å². The van der Waals surface area contributed by atoms with Crippen molar-refractivity contribution in [2.75, 3.05) is 6.54 Å². The summed E-state index contributed by atoms with van der Waals surface area (Å²) in [6, 6.07) is 0. The van der Waals surface area contributed by atoms with E-state index in [-0.39, 0.29) is 4.47 Å². The fraction of sp³-hybridized carbons (Fsp3) is 0.444. The first-order valence-electron chi connectivity index (χ1n) is 4.75. The Labute approximate surface area is 108 Å². The molecule has 0 aromatic carbocycles. The Morgan fingerprint density at radius 1 is 1.56 bits per heavy atom. The van der Waals surface area contributed by atoms with Crippen molar-refractivity contribution < 1.29 is 18.0 Å². The molecule has 1 rings (SSSR count). The number of alkyl halides is 3. The quantitative estimate of drug-likeness (QED) is 0.900. The summed E-state index contributed by atoms with van der Waals surface area (Å²) in [4.78, 5) is 26.6. The smallest absolute Gasteiger partial charge is 0.345 e. The van der Waals surface area contributed by atoms with E-state index in [0.717, 1.165) is 10.9 Å². The average molecular weight is 328 g/mol. The van der Waals surface area contributed by atoms with Gasteiger partial charge in [-0.05, 0) is 22.9 Å². The van der Waals surface area contributed by atoms with Crippen molar-refractivity contribution in [1.82, 2.24) is 14.9 Å². The highest BCUT2D eigenvalue weighted by atomic mass is 79.9. The number of hydrogen-bond donors (Lipinski definition) is 1. The normalized spacial score (nSPS) is 11.4. The van der Waals surface area contributed by atoms with Gasteiger partial charge in [-0.1, -0.05) is 0 Å². The minimum atomic E-state index is -4.48. The van der Waals surface area contributed by atoms with Crippen molar-refractivity contribution in [3.8, 4) is 0 Å². The van der Waals surface area contributed by atoms with E-state index in [0.29, 0.717) is 5.69 Å². The maximum absolute atomic E-state index is 11.8. The third-order valence-corrected chi connectivity index (χ3v) is 2.87. The number of carbonyl (C=O) groups excluding carboxylic acids is 1. The van der Waals surface area contributed by atoms with Crippen molar-refractivity contribution in [3.05, 3.63) is 26.8 Å². The van der Waals surface area contributed by atoms with Crippen LogP contribution in [0.5, 0.6) is 0 Å². The lowest BCUT2D eigenvalue weighted by Crippen LogP contribution is -2.38. The van der Waals surface area contributed by atoms with Crippen LogP contribution in [-0.2, 0) is 11.3 Å². The second kappa shape index (κ2) is 5.51. The van der Waals surface area contributed by atoms with Gasteiger partial charge in [0.1, 0.15) is 17.6 Å². The topological polar surface area (TPSA) is 64.0 Å². The van der Waals surface area contributed by atoms with E-state index in [1.54, 1.807) is 12.2 Å². The molecule has 9 heteroatoms. The summed E-state index contributed by atoms with van der Waals surface area (Å²) in [5, 5.41) is 1.67. The molecule has 0 saturated heterocycles. The molecule has 0 aliphatic rings. The van der Waals surface area contributed by atoms with E-state index in [4.69, 9.17) is 0 Å². The van der Waals surface area contributed by atoms with Crippen LogP contribution in [0.3, 0.4) is 0 Å². The van der Waals surface area contributed by atoms with Crippen molar-refractivity contribution in [2.45, 2.75) is 19.6 Å². The van der Waals surface area contributed by atoms with E-state index in [1.165, 1.54) is 0 Å². The lowest BCUT2D eigenvalue weighted by atomic mass is 10.4. The predicted molar refractivity (Wildman–Crippen MR) is 60.0 cm³/mol. The van der Waals surface area contributed by atoms with Crippen LogP contribution in [-0.4, -0.2) is 28.2 Å². The van der Waals surface area contributed by atoms with Crippen molar-refractivity contribution in [2.24, 2.45) is 0 Å². The molecule has 5 nitrogen and oxygen atoms in total. The summed E-state index contributed by atoms with van der Waals surface area (Å²) in [6.07, 6.45) is -3.37. The number of nitrogens with zero attached hydrogens (tertiary/aromatic N) is 2. The number of aromatic nitrogens is 2. The minimum Gasteiger partial charge on any atom is -0.345 e. The molecule has 0 unspecified atom stereocenters. The SMILES string of the molecule is Cc1ncn(CC(=O)NCC(F)(F)F)c(=O)c1Br. The lowest BCUT2D eigenvalue weighted by molar-refractivity contribution is -0.138. The van der Waals surface area contributed by atoms with Crippen LogP contribution in [0.1, 0.15) is 5.69 Å². The Balaban J connectivity index is 2.72. The Morgan fingerprint density at radius 2 is 2.17 bits per heavy atom. The van der Waals surface area contributed by atoms with Gasteiger partial charge in [0.05, 0.1) is 12.0 Å². The van der Waals surface area contributed by atoms with Crippen molar-refractivity contribution in [1.29, 1.82) is 0 Å². The average Bonchev–Trinajstić information content (AvgIpc) is 2.26. The minimum absolute atomic E-state index is 0.175. The molecule has 0 aliphatic carbocycles. The van der Waals surface area contributed by atoms with Crippen LogP contribution >= 0.6 is 15.9 Å². The molecule has 0 radical (unpaired) electrons. The van der Waals surface area contributed by atoms with Crippen molar-refractivity contribution in [3.63, 3.8) is 0 Å². The monoisotopic (exact) mass is 327 g/mol. The van der Waals surface area contributed by atoms with E-state index in [2.05, 4.69) is 20.9 Å². The molecule has 0 saturated carbocycles. The Morgan fingerprint density at radius 3 is 2.72 bits per heavy atom. The summed E-state index contributed by atoms with van der Waals surface area (Å²) in [5.41, 5.74) is -0.0865. The number of rotatable bonds is 3. The van der Waals surface area contributed by atoms with Crippen LogP contribution in [0, 0.1) is 6.92 Å². The molecule has 1 heterocycles. The Kier molecular flexibility index (Phi) is 4.49. The van der Waals surface area contributed by atoms with Crippen molar-refractivity contribution >= 4 is 21.8 Å². The van der Waals surface area contributed by atoms with Gasteiger partial charge in [0.2, 0.25) is 5.91 Å². The second-order valence-electron chi connectivity index (χ2n) is 3.47. The highest BCUT2D eigenvalue weighted by Gasteiger charge is 2.27. The maximum Gasteiger partial charge on any atom is 0.405 e. The van der Waals surface area contributed by atoms with Crippen LogP contribution < -0.4 is 10.9 Å². The molecule has 1 N–H and O–H groups in total. The number of halogens is 4. The van der Waals surface area contributed by atoms with Crippen LogP contribution in [0.25, 0.3) is 0 Å². The molecule has 1 aromatic rings. The van der Waals surface area contributed by atoms with E-state index in [9.17, 15) is 22.8 Å². The number of nitrogens with one attached hydrogen (secondary N) is 1. The number of amides is 1. The molecule has 0 bridgehead atoms. The first-order chi connectivity index (χ1) is 8.20. The van der Waals surface area contributed by atoms with Gasteiger partial charge in [0.25, 0.3) is 5.56 Å². The molecular formula is C9H9BrF3N3O2. The zero-order chi connectivity index (χ0) is 13.9. The fourth-order valence-corrected chi connectivity index (χ4v) is 1.40. The van der Waals surface area contributed by atoms with Crippen LogP contribution in [0.15, 0.2) is 15.6 Å². The van der Waals surface area contributed by atoms with Crippen LogP contribution in [0.4, 0.5) is 13.2 Å². The standard InChI is InChI=1S/C9H9BrF3N3O2/c1-5-7(10)8(18)16(4-15-5)2-6(17)14-3-9(11,12)13/h4H,2-3H2,1H3,(H,14,17). The summed E-state index contributed by atoms with van der Waals surface area (Å²) in [5.74, 6) is -0.910. The zero-order valence-corrected chi connectivity index (χ0v) is 10.8. The molecular weight excluding hydrogens is 319 g/mol. The molecule has 0 atom stereocenters. The first-order valence-corrected chi connectivity index (χ1v) is 5.55. The zero-order valence-electron chi connectivity index (χ0n) is 9.21. The van der Waals surface area contributed by atoms with E-state index in [1.807, 2.05) is 0 Å². The largest absolute Gasteiger partial charge is 0.405 e. The molecule has 100 valence electrons. The second-order valence-corrected chi connectivity index (χ2v) is 4.26. The maximum atomic E-state index is 11.8. The molecule has 1 amide bonds. The van der Waals surface area contributed by atoms with Gasteiger partial charge >= 0.3 is 6.18 Å². The van der Waals surface area contributed by atoms with Crippen LogP contribution in [0.2, 0.25) is 0 Å². The van der Waals surface area contributed by atoms with E-state index < -0.39 is 30.7 Å². The highest BCUT2D eigenvalue weighted by molar-refractivity contribution is 9.10. The summed E-state index contributed by atoms with van der Waals surface area (Å²) >= 11 is 2.98. The molecule has 0 aliphatic heterocycles. The van der Waals surface area contributed by atoms with Gasteiger partial charge in [-0.15, -0.1) is 0 Å². The summed E-state index contributed by atoms with van der Waals surface area (Å²) in [7, 11) is 0. The number of hydrogen-bond acceptors (Lipinski definition) is 3. The predicted octanol–water partition coefficient (Wildman–Crippen LogP) is 0.993. The first kappa shape index (κ1) is 14.7. The summed E-state index contributed by atoms with van der Waals surface area (Å²) < 4.78 is 36.6. The third kappa shape index (κ3) is 4.13. The Hall–Kier alpha value is -1.38. The molecule has 1 aromatic heterocycles. The Bertz CT molecular complexity index is 513. The fourth-order valence-electron chi connectivity index (χ4n) is 1.07. The van der Waals surface area contributed by atoms with Gasteiger partial charge in [0.15, 0.2) is 0 Å². The molecule has 0 fully saturated rings. The summed E-state index contributed by atoms with van der Waals surface area (Å²) in [6.45, 7) is -0.360. The lowest BCUT2D eigenvalue weighted by Gasteiger charge is -2.09. The highest BCUT2D eigenvalue weighted by Crippen LogP contribution is 2.12. The number of carbonyl (C=O) groups is 1. The third-order valence-electron chi connectivity index (χ3n) is 1.96. The molecule has 18 heavy (non-hydrogen) atoms. The van der Waals surface area contributed by atoms with Gasteiger partial charge in [-0.3, -0.25) is 14.2 Å². The number of aryl methyl sites for hydroxylation is 1. The van der Waals surface area contributed by atoms with Gasteiger partial charge < -0.3 is 5.32 Å². The van der Waals surface area contributed by atoms with Gasteiger partial charge in [0, 0.05) is 0 Å². The van der Waals surface area contributed by atoms with Gasteiger partial charge in [-0.25, -0.2) is 4.98 Å².